The lowest BCUT2D eigenvalue weighted by Gasteiger charge is -2.03. The number of rotatable bonds is 6. The molecule has 0 heterocycles. The molecule has 0 unspecified atom stereocenters. The molecular weight excluding hydrogens is 160 g/mol. The number of hydrogen-bond donors (Lipinski definition) is 1. The highest BCUT2D eigenvalue weighted by Crippen LogP contribution is 2.02. The van der Waals surface area contributed by atoms with Crippen molar-refractivity contribution in [2.75, 3.05) is 6.54 Å². The summed E-state index contributed by atoms with van der Waals surface area (Å²) in [6, 6.07) is 9.97. The minimum atomic E-state index is 0.975. The standard InChI is InChI=1S/C11H17N2/c1-2-3-7-10-12-13-11-8-5-4-6-9-11/h4-6,8-9,12H,2-3,7,10H2,1H3. The number of nitrogens with one attached hydrogen (secondary N) is 1. The summed E-state index contributed by atoms with van der Waals surface area (Å²) >= 11 is 0. The second kappa shape index (κ2) is 6.49. The first-order valence-corrected chi connectivity index (χ1v) is 4.92. The molecule has 1 rings (SSSR count). The third kappa shape index (κ3) is 4.53. The van der Waals surface area contributed by atoms with Crippen LogP contribution >= 0.6 is 0 Å². The fourth-order valence-corrected chi connectivity index (χ4v) is 1.10. The Morgan fingerprint density at radius 1 is 1.15 bits per heavy atom. The van der Waals surface area contributed by atoms with Crippen molar-refractivity contribution in [2.24, 2.45) is 0 Å². The van der Waals surface area contributed by atoms with Gasteiger partial charge in [-0.05, 0) is 18.6 Å². The van der Waals surface area contributed by atoms with Crippen LogP contribution in [0.3, 0.4) is 0 Å². The first kappa shape index (κ1) is 10.1. The monoisotopic (exact) mass is 177 g/mol. The van der Waals surface area contributed by atoms with Gasteiger partial charge in [-0.1, -0.05) is 38.0 Å². The summed E-state index contributed by atoms with van der Waals surface area (Å²) < 4.78 is 0. The average molecular weight is 177 g/mol. The molecule has 1 radical (unpaired) electrons. The zero-order valence-electron chi connectivity index (χ0n) is 8.16. The molecule has 0 aromatic heterocycles. The summed E-state index contributed by atoms with van der Waals surface area (Å²) in [6.07, 6.45) is 3.73. The summed E-state index contributed by atoms with van der Waals surface area (Å²) in [5.41, 5.74) is 8.29. The molecule has 1 N–H and O–H groups in total. The average Bonchev–Trinajstić information content (AvgIpc) is 2.19. The smallest absolute Gasteiger partial charge is 0.0774 e. The highest BCUT2D eigenvalue weighted by Gasteiger charge is 1.90. The van der Waals surface area contributed by atoms with E-state index in [9.17, 15) is 0 Å². The Balaban J connectivity index is 2.07. The Bertz CT molecular complexity index is 209. The molecule has 0 saturated heterocycles. The molecule has 2 nitrogen and oxygen atoms in total. The lowest BCUT2D eigenvalue weighted by Crippen LogP contribution is -2.21. The molecule has 0 fully saturated rings. The summed E-state index contributed by atoms with van der Waals surface area (Å²) in [4.78, 5) is 0. The summed E-state index contributed by atoms with van der Waals surface area (Å²) in [7, 11) is 0. The largest absolute Gasteiger partial charge is 0.213 e. The minimum Gasteiger partial charge on any atom is -0.213 e. The van der Waals surface area contributed by atoms with E-state index in [4.69, 9.17) is 0 Å². The topological polar surface area (TPSA) is 26.1 Å². The Labute approximate surface area is 80.3 Å². The minimum absolute atomic E-state index is 0.975. The fraction of sp³-hybridized carbons (Fsp3) is 0.455. The quantitative estimate of drug-likeness (QED) is 0.524. The van der Waals surface area contributed by atoms with Gasteiger partial charge in [0.1, 0.15) is 0 Å². The number of benzene rings is 1. The second-order valence-corrected chi connectivity index (χ2v) is 3.06. The van der Waals surface area contributed by atoms with Gasteiger partial charge < -0.3 is 0 Å². The summed E-state index contributed by atoms with van der Waals surface area (Å²) in [6.45, 7) is 3.18. The van der Waals surface area contributed by atoms with E-state index in [2.05, 4.69) is 17.8 Å². The first-order chi connectivity index (χ1) is 6.43. The van der Waals surface area contributed by atoms with Crippen LogP contribution < -0.4 is 10.9 Å². The molecule has 0 amide bonds. The van der Waals surface area contributed by atoms with Crippen LogP contribution in [0.4, 0.5) is 5.69 Å². The normalized spacial score (nSPS) is 9.92. The van der Waals surface area contributed by atoms with Gasteiger partial charge >= 0.3 is 0 Å². The van der Waals surface area contributed by atoms with Gasteiger partial charge in [-0.15, -0.1) is 0 Å². The van der Waals surface area contributed by atoms with Crippen LogP contribution in [0, 0.1) is 0 Å². The van der Waals surface area contributed by atoms with Crippen molar-refractivity contribution in [2.45, 2.75) is 26.2 Å². The van der Waals surface area contributed by atoms with Crippen LogP contribution in [0.25, 0.3) is 0 Å². The van der Waals surface area contributed by atoms with E-state index in [0.717, 1.165) is 12.2 Å². The Hall–Kier alpha value is -1.02. The maximum atomic E-state index is 4.23. The molecule has 1 aromatic rings. The van der Waals surface area contributed by atoms with Crippen molar-refractivity contribution < 1.29 is 0 Å². The highest BCUT2D eigenvalue weighted by molar-refractivity contribution is 5.33. The fourth-order valence-electron chi connectivity index (χ4n) is 1.10. The molecule has 0 saturated carbocycles. The van der Waals surface area contributed by atoms with E-state index >= 15 is 0 Å². The van der Waals surface area contributed by atoms with Gasteiger partial charge in [0.05, 0.1) is 5.69 Å². The molecule has 0 bridgehead atoms. The Morgan fingerprint density at radius 2 is 1.92 bits per heavy atom. The molecule has 0 aliphatic carbocycles. The zero-order valence-corrected chi connectivity index (χ0v) is 8.16. The van der Waals surface area contributed by atoms with Crippen molar-refractivity contribution >= 4 is 5.69 Å². The van der Waals surface area contributed by atoms with Crippen LogP contribution in [0.15, 0.2) is 30.3 Å². The summed E-state index contributed by atoms with van der Waals surface area (Å²) in [5.74, 6) is 0. The van der Waals surface area contributed by atoms with E-state index in [1.165, 1.54) is 19.3 Å². The van der Waals surface area contributed by atoms with E-state index in [1.807, 2.05) is 30.3 Å². The van der Waals surface area contributed by atoms with Gasteiger partial charge in [-0.25, -0.2) is 10.9 Å². The van der Waals surface area contributed by atoms with Gasteiger partial charge in [-0.2, -0.15) is 0 Å². The third-order valence-electron chi connectivity index (χ3n) is 1.86. The summed E-state index contributed by atoms with van der Waals surface area (Å²) in [5, 5.41) is 0. The lowest BCUT2D eigenvalue weighted by molar-refractivity contribution is 0.574. The molecule has 71 valence electrons. The van der Waals surface area contributed by atoms with Gasteiger partial charge in [-0.3, -0.25) is 0 Å². The SMILES string of the molecule is CCCCCN[N]c1ccccc1. The van der Waals surface area contributed by atoms with Gasteiger partial charge in [0, 0.05) is 6.54 Å². The van der Waals surface area contributed by atoms with Crippen LogP contribution in [-0.2, 0) is 0 Å². The number of nitrogens with zero attached hydrogens (tertiary/aromatic N) is 1. The maximum absolute atomic E-state index is 4.23. The van der Waals surface area contributed by atoms with Gasteiger partial charge in [0.15, 0.2) is 0 Å². The van der Waals surface area contributed by atoms with Crippen molar-refractivity contribution in [3.63, 3.8) is 0 Å². The number of unbranched alkanes of at least 4 members (excludes halogenated alkanes) is 2. The van der Waals surface area contributed by atoms with Crippen LogP contribution in [-0.4, -0.2) is 6.54 Å². The van der Waals surface area contributed by atoms with E-state index < -0.39 is 0 Å². The van der Waals surface area contributed by atoms with E-state index in [0.29, 0.717) is 0 Å². The molecule has 0 spiro atoms. The Kier molecular flexibility index (Phi) is 5.02. The maximum Gasteiger partial charge on any atom is 0.0774 e. The van der Waals surface area contributed by atoms with Crippen molar-refractivity contribution in [3.8, 4) is 0 Å². The number of hydrogen-bond acceptors (Lipinski definition) is 1. The van der Waals surface area contributed by atoms with Crippen molar-refractivity contribution in [1.29, 1.82) is 0 Å². The van der Waals surface area contributed by atoms with E-state index in [-0.39, 0.29) is 0 Å². The Morgan fingerprint density at radius 3 is 2.62 bits per heavy atom. The van der Waals surface area contributed by atoms with Gasteiger partial charge in [0.2, 0.25) is 0 Å². The lowest BCUT2D eigenvalue weighted by atomic mass is 10.2. The van der Waals surface area contributed by atoms with Crippen LogP contribution in [0.1, 0.15) is 26.2 Å². The number of para-hydroxylation sites is 1. The molecular formula is C11H17N2. The molecule has 1 aromatic carbocycles. The molecule has 13 heavy (non-hydrogen) atoms. The second-order valence-electron chi connectivity index (χ2n) is 3.06. The molecule has 2 heteroatoms. The van der Waals surface area contributed by atoms with Crippen molar-refractivity contribution in [1.82, 2.24) is 10.9 Å². The molecule has 0 atom stereocenters. The zero-order chi connectivity index (χ0) is 9.36. The van der Waals surface area contributed by atoms with Crippen molar-refractivity contribution in [3.05, 3.63) is 30.3 Å². The first-order valence-electron chi connectivity index (χ1n) is 4.92. The van der Waals surface area contributed by atoms with E-state index in [1.54, 1.807) is 0 Å². The predicted molar refractivity (Wildman–Crippen MR) is 55.8 cm³/mol. The van der Waals surface area contributed by atoms with Crippen LogP contribution in [0.5, 0.6) is 0 Å². The third-order valence-corrected chi connectivity index (χ3v) is 1.86. The molecule has 0 aliphatic heterocycles. The molecule has 0 aliphatic rings. The van der Waals surface area contributed by atoms with Gasteiger partial charge in [0.25, 0.3) is 0 Å². The highest BCUT2D eigenvalue weighted by atomic mass is 15.3. The predicted octanol–water partition coefficient (Wildman–Crippen LogP) is 2.62. The van der Waals surface area contributed by atoms with Crippen LogP contribution in [0.2, 0.25) is 0 Å².